The van der Waals surface area contributed by atoms with Gasteiger partial charge in [-0.25, -0.2) is 19.2 Å². The van der Waals surface area contributed by atoms with Gasteiger partial charge < -0.3 is 9.47 Å². The van der Waals surface area contributed by atoms with E-state index in [9.17, 15) is 19.2 Å². The van der Waals surface area contributed by atoms with Crippen LogP contribution in [0.15, 0.2) is 24.3 Å². The van der Waals surface area contributed by atoms with E-state index in [-0.39, 0.29) is 22.3 Å². The third-order valence-electron chi connectivity index (χ3n) is 3.40. The van der Waals surface area contributed by atoms with Crippen LogP contribution in [0.1, 0.15) is 41.4 Å². The summed E-state index contributed by atoms with van der Waals surface area (Å²) in [6.45, 7) is 0. The number of fused-ring (bicyclic) bond motifs is 2. The second-order valence-corrected chi connectivity index (χ2v) is 4.43. The molecule has 0 fully saturated rings. The molecule has 0 radical (unpaired) electrons. The van der Waals surface area contributed by atoms with Crippen molar-refractivity contribution >= 4 is 34.6 Å². The Balaban J connectivity index is 2.27. The predicted molar refractivity (Wildman–Crippen MR) is 63.4 cm³/mol. The van der Waals surface area contributed by atoms with Gasteiger partial charge in [0.05, 0.1) is 22.3 Å². The van der Waals surface area contributed by atoms with Gasteiger partial charge in [-0.1, -0.05) is 12.1 Å². The zero-order valence-corrected chi connectivity index (χ0v) is 9.76. The van der Waals surface area contributed by atoms with Gasteiger partial charge in [0.2, 0.25) is 0 Å². The minimum Gasteiger partial charge on any atom is -0.386 e. The summed E-state index contributed by atoms with van der Waals surface area (Å²) in [6, 6.07) is 5.85. The summed E-state index contributed by atoms with van der Waals surface area (Å²) in [6.07, 6.45) is 0. The van der Waals surface area contributed by atoms with Crippen molar-refractivity contribution in [2.24, 2.45) is 0 Å². The summed E-state index contributed by atoms with van der Waals surface area (Å²) in [7, 11) is 0. The van der Waals surface area contributed by atoms with Crippen molar-refractivity contribution in [3.63, 3.8) is 0 Å². The first-order valence-corrected chi connectivity index (χ1v) is 5.70. The zero-order valence-electron chi connectivity index (χ0n) is 9.76. The van der Waals surface area contributed by atoms with Crippen molar-refractivity contribution in [2.75, 3.05) is 0 Å². The fraction of sp³-hybridized carbons (Fsp3) is 0. The first-order valence-electron chi connectivity index (χ1n) is 5.70. The van der Waals surface area contributed by atoms with Gasteiger partial charge in [-0.15, -0.1) is 0 Å². The van der Waals surface area contributed by atoms with Gasteiger partial charge in [0.1, 0.15) is 0 Å². The van der Waals surface area contributed by atoms with Gasteiger partial charge in [0, 0.05) is 5.39 Å². The number of esters is 4. The molecule has 2 aliphatic heterocycles. The van der Waals surface area contributed by atoms with Crippen molar-refractivity contribution < 1.29 is 28.7 Å². The molecule has 4 rings (SSSR count). The lowest BCUT2D eigenvalue weighted by molar-refractivity contribution is 0.0387. The van der Waals surface area contributed by atoms with E-state index in [0.29, 0.717) is 10.8 Å². The van der Waals surface area contributed by atoms with E-state index in [2.05, 4.69) is 9.47 Å². The molecule has 0 atom stereocenters. The molecule has 2 heterocycles. The van der Waals surface area contributed by atoms with Gasteiger partial charge in [0.15, 0.2) is 0 Å². The molecule has 2 aromatic carbocycles. The SMILES string of the molecule is O=C1OC(=O)c2c1cc1c3c(cccc23)C(=O)OC1=O. The van der Waals surface area contributed by atoms with Crippen LogP contribution in [0.2, 0.25) is 0 Å². The Bertz CT molecular complexity index is 877. The van der Waals surface area contributed by atoms with Crippen LogP contribution in [0, 0.1) is 0 Å². The lowest BCUT2D eigenvalue weighted by Gasteiger charge is -2.16. The molecule has 0 spiro atoms. The second kappa shape index (κ2) is 3.30. The second-order valence-electron chi connectivity index (χ2n) is 4.43. The molecule has 2 aromatic rings. The molecule has 0 saturated heterocycles. The summed E-state index contributed by atoms with van der Waals surface area (Å²) in [4.78, 5) is 46.8. The van der Waals surface area contributed by atoms with Crippen LogP contribution < -0.4 is 0 Å². The Hall–Kier alpha value is -3.02. The molecule has 2 aliphatic rings. The minimum absolute atomic E-state index is 0.0148. The highest BCUT2D eigenvalue weighted by molar-refractivity contribution is 6.28. The Morgan fingerprint density at radius 1 is 0.700 bits per heavy atom. The van der Waals surface area contributed by atoms with E-state index >= 15 is 0 Å². The summed E-state index contributed by atoms with van der Waals surface area (Å²) in [5, 5.41) is 0.662. The Labute approximate surface area is 110 Å². The van der Waals surface area contributed by atoms with Crippen LogP contribution in [-0.4, -0.2) is 23.9 Å². The first-order chi connectivity index (χ1) is 9.58. The van der Waals surface area contributed by atoms with Crippen molar-refractivity contribution in [1.29, 1.82) is 0 Å². The molecule has 0 unspecified atom stereocenters. The minimum atomic E-state index is -0.839. The summed E-state index contributed by atoms with van der Waals surface area (Å²) >= 11 is 0. The number of hydrogen-bond donors (Lipinski definition) is 0. The third-order valence-corrected chi connectivity index (χ3v) is 3.40. The molecule has 6 heteroatoms. The normalized spacial score (nSPS) is 16.2. The molecule has 0 amide bonds. The van der Waals surface area contributed by atoms with Gasteiger partial charge in [-0.05, 0) is 17.5 Å². The van der Waals surface area contributed by atoms with E-state index in [4.69, 9.17) is 0 Å². The number of carbonyl (C=O) groups is 4. The van der Waals surface area contributed by atoms with E-state index in [0.717, 1.165) is 0 Å². The van der Waals surface area contributed by atoms with Crippen LogP contribution in [0.5, 0.6) is 0 Å². The standard InChI is InChI=1S/C14H4O6/c15-11-6-3-1-2-5-9(6)7(12(16)19-11)4-8-10(5)14(18)20-13(8)17/h1-4H. The maximum Gasteiger partial charge on any atom is 0.347 e. The van der Waals surface area contributed by atoms with Crippen LogP contribution in [0.4, 0.5) is 0 Å². The highest BCUT2D eigenvalue weighted by Gasteiger charge is 2.37. The number of ether oxygens (including phenoxy) is 2. The Morgan fingerprint density at radius 2 is 1.35 bits per heavy atom. The van der Waals surface area contributed by atoms with Crippen molar-refractivity contribution in [1.82, 2.24) is 0 Å². The smallest absolute Gasteiger partial charge is 0.347 e. The monoisotopic (exact) mass is 268 g/mol. The highest BCUT2D eigenvalue weighted by Crippen LogP contribution is 2.36. The average molecular weight is 268 g/mol. The van der Waals surface area contributed by atoms with Crippen molar-refractivity contribution in [2.45, 2.75) is 0 Å². The topological polar surface area (TPSA) is 86.7 Å². The molecule has 0 aliphatic carbocycles. The Morgan fingerprint density at radius 3 is 2.15 bits per heavy atom. The number of carbonyl (C=O) groups excluding carboxylic acids is 4. The fourth-order valence-electron chi connectivity index (χ4n) is 2.58. The van der Waals surface area contributed by atoms with E-state index in [1.807, 2.05) is 0 Å². The maximum absolute atomic E-state index is 11.8. The first kappa shape index (κ1) is 10.9. The molecule has 0 aromatic heterocycles. The molecular formula is C14H4O6. The largest absolute Gasteiger partial charge is 0.386 e. The molecule has 96 valence electrons. The highest BCUT2D eigenvalue weighted by atomic mass is 16.6. The maximum atomic E-state index is 11.8. The van der Waals surface area contributed by atoms with Crippen LogP contribution >= 0.6 is 0 Å². The fourth-order valence-corrected chi connectivity index (χ4v) is 2.58. The van der Waals surface area contributed by atoms with E-state index in [1.54, 1.807) is 12.1 Å². The average Bonchev–Trinajstić information content (AvgIpc) is 2.71. The van der Waals surface area contributed by atoms with Crippen molar-refractivity contribution in [3.8, 4) is 0 Å². The predicted octanol–water partition coefficient (Wildman–Crippen LogP) is 1.46. The Kier molecular flexibility index (Phi) is 1.79. The summed E-state index contributed by atoms with van der Waals surface area (Å²) in [5.41, 5.74) is 0.367. The van der Waals surface area contributed by atoms with Crippen LogP contribution in [-0.2, 0) is 9.47 Å². The molecule has 0 saturated carbocycles. The van der Waals surface area contributed by atoms with Crippen LogP contribution in [0.3, 0.4) is 0 Å². The lowest BCUT2D eigenvalue weighted by atomic mass is 9.91. The van der Waals surface area contributed by atoms with Gasteiger partial charge >= 0.3 is 23.9 Å². The lowest BCUT2D eigenvalue weighted by Crippen LogP contribution is -2.20. The van der Waals surface area contributed by atoms with E-state index < -0.39 is 23.9 Å². The number of rotatable bonds is 0. The number of hydrogen-bond acceptors (Lipinski definition) is 6. The molecular weight excluding hydrogens is 264 g/mol. The number of benzene rings is 2. The molecule has 0 bridgehead atoms. The summed E-state index contributed by atoms with van der Waals surface area (Å²) in [5.74, 6) is -3.20. The molecule has 20 heavy (non-hydrogen) atoms. The number of cyclic esters (lactones) is 4. The van der Waals surface area contributed by atoms with E-state index in [1.165, 1.54) is 12.1 Å². The zero-order chi connectivity index (χ0) is 14.0. The molecule has 6 nitrogen and oxygen atoms in total. The summed E-state index contributed by atoms with van der Waals surface area (Å²) < 4.78 is 9.16. The van der Waals surface area contributed by atoms with Gasteiger partial charge in [-0.2, -0.15) is 0 Å². The molecule has 0 N–H and O–H groups in total. The van der Waals surface area contributed by atoms with Crippen molar-refractivity contribution in [3.05, 3.63) is 46.5 Å². The third kappa shape index (κ3) is 1.13. The van der Waals surface area contributed by atoms with Crippen LogP contribution in [0.25, 0.3) is 10.8 Å². The quantitative estimate of drug-likeness (QED) is 0.531. The van der Waals surface area contributed by atoms with Gasteiger partial charge in [-0.3, -0.25) is 0 Å². The van der Waals surface area contributed by atoms with Gasteiger partial charge in [0.25, 0.3) is 0 Å².